The van der Waals surface area contributed by atoms with Gasteiger partial charge in [-0.2, -0.15) is 0 Å². The minimum absolute atomic E-state index is 0.662. The van der Waals surface area contributed by atoms with Gasteiger partial charge in [-0.05, 0) is 25.5 Å². The number of anilines is 1. The van der Waals surface area contributed by atoms with Crippen LogP contribution >= 0.6 is 0 Å². The van der Waals surface area contributed by atoms with Gasteiger partial charge in [0.1, 0.15) is 5.75 Å². The number of benzene rings is 1. The largest absolute Gasteiger partial charge is 0.494 e. The molecule has 0 aliphatic rings. The van der Waals surface area contributed by atoms with Crippen LogP contribution in [0.1, 0.15) is 13.3 Å². The number of aromatic nitrogens is 2. The van der Waals surface area contributed by atoms with Gasteiger partial charge in [-0.15, -0.1) is 0 Å². The number of hydrogen-bond acceptors (Lipinski definition) is 4. The standard InChI is InChI=1S/C15H21N3O2/c1-3-20-14-7-4-6-13(12-14)18-10-9-17-15(18)16-8-5-11-19-2/h4,6-7,9-10,12H,3,5,8,11H2,1-2H3,(H,16,17). The second-order valence-electron chi connectivity index (χ2n) is 4.32. The highest BCUT2D eigenvalue weighted by molar-refractivity contribution is 5.45. The molecule has 20 heavy (non-hydrogen) atoms. The molecule has 108 valence electrons. The SMILES string of the molecule is CCOc1cccc(-n2ccnc2NCCCOC)c1. The molecule has 2 rings (SSSR count). The summed E-state index contributed by atoms with van der Waals surface area (Å²) in [5, 5.41) is 3.31. The minimum atomic E-state index is 0.662. The summed E-state index contributed by atoms with van der Waals surface area (Å²) in [4.78, 5) is 4.34. The van der Waals surface area contributed by atoms with Gasteiger partial charge in [-0.25, -0.2) is 4.98 Å². The quantitative estimate of drug-likeness (QED) is 0.753. The van der Waals surface area contributed by atoms with Crippen molar-refractivity contribution in [2.45, 2.75) is 13.3 Å². The lowest BCUT2D eigenvalue weighted by molar-refractivity contribution is 0.197. The van der Waals surface area contributed by atoms with Crippen LogP contribution in [0.5, 0.6) is 5.75 Å². The number of hydrogen-bond donors (Lipinski definition) is 1. The highest BCUT2D eigenvalue weighted by Gasteiger charge is 2.05. The van der Waals surface area contributed by atoms with Crippen LogP contribution < -0.4 is 10.1 Å². The topological polar surface area (TPSA) is 48.3 Å². The van der Waals surface area contributed by atoms with Gasteiger partial charge >= 0.3 is 0 Å². The van der Waals surface area contributed by atoms with Gasteiger partial charge in [0.15, 0.2) is 0 Å². The van der Waals surface area contributed by atoms with Crippen LogP contribution in [0, 0.1) is 0 Å². The summed E-state index contributed by atoms with van der Waals surface area (Å²) in [6.45, 7) is 4.21. The van der Waals surface area contributed by atoms with Crippen LogP contribution in [0.15, 0.2) is 36.7 Å². The van der Waals surface area contributed by atoms with Crippen molar-refractivity contribution < 1.29 is 9.47 Å². The van der Waals surface area contributed by atoms with Crippen LogP contribution in [0.3, 0.4) is 0 Å². The first-order valence-electron chi connectivity index (χ1n) is 6.84. The van der Waals surface area contributed by atoms with Crippen molar-refractivity contribution in [2.24, 2.45) is 0 Å². The summed E-state index contributed by atoms with van der Waals surface area (Å²) in [5.74, 6) is 1.69. The molecule has 2 aromatic rings. The number of rotatable bonds is 8. The molecule has 0 saturated heterocycles. The predicted molar refractivity (Wildman–Crippen MR) is 79.7 cm³/mol. The fraction of sp³-hybridized carbons (Fsp3) is 0.400. The molecule has 1 aromatic carbocycles. The summed E-state index contributed by atoms with van der Waals surface area (Å²) in [5.41, 5.74) is 1.03. The van der Waals surface area contributed by atoms with E-state index in [-0.39, 0.29) is 0 Å². The first-order valence-corrected chi connectivity index (χ1v) is 6.84. The zero-order valence-electron chi connectivity index (χ0n) is 12.0. The van der Waals surface area contributed by atoms with Crippen LogP contribution in [-0.4, -0.2) is 36.4 Å². The molecule has 0 aliphatic carbocycles. The maximum atomic E-state index is 5.53. The fourth-order valence-corrected chi connectivity index (χ4v) is 1.95. The third kappa shape index (κ3) is 3.74. The number of nitrogens with one attached hydrogen (secondary N) is 1. The Balaban J connectivity index is 2.08. The molecule has 5 nitrogen and oxygen atoms in total. The normalized spacial score (nSPS) is 10.5. The Hall–Kier alpha value is -2.01. The molecule has 1 heterocycles. The summed E-state index contributed by atoms with van der Waals surface area (Å²) in [6.07, 6.45) is 4.66. The second kappa shape index (κ2) is 7.55. The van der Waals surface area contributed by atoms with E-state index in [1.165, 1.54) is 0 Å². The first-order chi connectivity index (χ1) is 9.85. The number of nitrogens with zero attached hydrogens (tertiary/aromatic N) is 2. The zero-order valence-corrected chi connectivity index (χ0v) is 12.0. The van der Waals surface area contributed by atoms with Crippen LogP contribution in [0.2, 0.25) is 0 Å². The molecule has 0 atom stereocenters. The Morgan fingerprint density at radius 3 is 3.05 bits per heavy atom. The van der Waals surface area contributed by atoms with E-state index in [0.717, 1.165) is 37.0 Å². The minimum Gasteiger partial charge on any atom is -0.494 e. The van der Waals surface area contributed by atoms with Crippen molar-refractivity contribution in [3.05, 3.63) is 36.7 Å². The van der Waals surface area contributed by atoms with Crippen molar-refractivity contribution in [1.82, 2.24) is 9.55 Å². The van der Waals surface area contributed by atoms with Crippen LogP contribution in [-0.2, 0) is 4.74 Å². The molecule has 5 heteroatoms. The van der Waals surface area contributed by atoms with Crippen molar-refractivity contribution in [3.8, 4) is 11.4 Å². The lowest BCUT2D eigenvalue weighted by Crippen LogP contribution is -2.09. The van der Waals surface area contributed by atoms with E-state index < -0.39 is 0 Å². The lowest BCUT2D eigenvalue weighted by atomic mass is 10.3. The molecule has 0 radical (unpaired) electrons. The average molecular weight is 275 g/mol. The Morgan fingerprint density at radius 2 is 2.25 bits per heavy atom. The van der Waals surface area contributed by atoms with Crippen molar-refractivity contribution in [1.29, 1.82) is 0 Å². The summed E-state index contributed by atoms with van der Waals surface area (Å²) in [7, 11) is 1.71. The van der Waals surface area contributed by atoms with E-state index in [1.54, 1.807) is 13.3 Å². The van der Waals surface area contributed by atoms with Gasteiger partial charge in [0.05, 0.1) is 12.3 Å². The van der Waals surface area contributed by atoms with Crippen molar-refractivity contribution in [3.63, 3.8) is 0 Å². The number of imidazole rings is 1. The number of ether oxygens (including phenoxy) is 2. The van der Waals surface area contributed by atoms with Crippen molar-refractivity contribution >= 4 is 5.95 Å². The summed E-state index contributed by atoms with van der Waals surface area (Å²) < 4.78 is 12.6. The van der Waals surface area contributed by atoms with E-state index in [4.69, 9.17) is 9.47 Å². The molecule has 1 aromatic heterocycles. The average Bonchev–Trinajstić information content (AvgIpc) is 2.93. The Morgan fingerprint density at radius 1 is 1.35 bits per heavy atom. The van der Waals surface area contributed by atoms with Crippen LogP contribution in [0.25, 0.3) is 5.69 Å². The molecular weight excluding hydrogens is 254 g/mol. The van der Waals surface area contributed by atoms with E-state index in [9.17, 15) is 0 Å². The monoisotopic (exact) mass is 275 g/mol. The molecule has 0 fully saturated rings. The lowest BCUT2D eigenvalue weighted by Gasteiger charge is -2.11. The fourth-order valence-electron chi connectivity index (χ4n) is 1.95. The third-order valence-corrected chi connectivity index (χ3v) is 2.86. The van der Waals surface area contributed by atoms with Gasteiger partial charge in [0, 0.05) is 38.7 Å². The highest BCUT2D eigenvalue weighted by Crippen LogP contribution is 2.19. The molecule has 1 N–H and O–H groups in total. The van der Waals surface area contributed by atoms with Crippen molar-refractivity contribution in [2.75, 3.05) is 32.2 Å². The zero-order chi connectivity index (χ0) is 14.2. The van der Waals surface area contributed by atoms with Gasteiger partial charge in [0.25, 0.3) is 0 Å². The van der Waals surface area contributed by atoms with Gasteiger partial charge in [-0.3, -0.25) is 4.57 Å². The van der Waals surface area contributed by atoms with E-state index in [2.05, 4.69) is 10.3 Å². The molecule has 0 bridgehead atoms. The molecule has 0 aliphatic heterocycles. The number of methoxy groups -OCH3 is 1. The molecule has 0 unspecified atom stereocenters. The Bertz CT molecular complexity index is 525. The second-order valence-corrected chi connectivity index (χ2v) is 4.32. The van der Waals surface area contributed by atoms with Gasteiger partial charge in [0.2, 0.25) is 5.95 Å². The Kier molecular flexibility index (Phi) is 5.43. The first kappa shape index (κ1) is 14.4. The summed E-state index contributed by atoms with van der Waals surface area (Å²) >= 11 is 0. The molecular formula is C15H21N3O2. The predicted octanol–water partition coefficient (Wildman–Crippen LogP) is 2.72. The molecule has 0 saturated carbocycles. The van der Waals surface area contributed by atoms with Gasteiger partial charge < -0.3 is 14.8 Å². The smallest absolute Gasteiger partial charge is 0.207 e. The van der Waals surface area contributed by atoms with E-state index in [1.807, 2.05) is 42.0 Å². The highest BCUT2D eigenvalue weighted by atomic mass is 16.5. The summed E-state index contributed by atoms with van der Waals surface area (Å²) in [6, 6.07) is 7.97. The van der Waals surface area contributed by atoms with Crippen LogP contribution in [0.4, 0.5) is 5.95 Å². The van der Waals surface area contributed by atoms with Gasteiger partial charge in [-0.1, -0.05) is 6.07 Å². The van der Waals surface area contributed by atoms with E-state index >= 15 is 0 Å². The Labute approximate surface area is 119 Å². The third-order valence-electron chi connectivity index (χ3n) is 2.86. The van der Waals surface area contributed by atoms with E-state index in [0.29, 0.717) is 6.61 Å². The molecule has 0 amide bonds. The maximum absolute atomic E-state index is 5.53. The molecule has 0 spiro atoms. The maximum Gasteiger partial charge on any atom is 0.207 e.